The minimum atomic E-state index is -1.73. The molecule has 5 rings (SSSR count). The maximum absolute atomic E-state index is 16.9. The molecule has 1 amide bonds. The van der Waals surface area contributed by atoms with Crippen LogP contribution in [0.15, 0.2) is 29.0 Å². The van der Waals surface area contributed by atoms with E-state index in [-0.39, 0.29) is 67.9 Å². The smallest absolute Gasteiger partial charge is 0.249 e. The standard InChI is InChI=1S/C36H47FN4O7Si/c1-9-49-48-24-16-20(17-41(12-13-45-6)18-35(2,3)21-10-11-21)28(37)22-14-19-15-23-29(40(4)5)31(43)27(34(39)44)32(38)36(23,47-8)33(46-7)25(19)30(42)26(22)24/h10,16,19,23,27,29,38H,11-15,17-18H2,1-8H3,(H2,39,44). The number of allylic oxidation sites excluding steroid dienone is 2. The summed E-state index contributed by atoms with van der Waals surface area (Å²) in [4.78, 5) is 44.9. The summed E-state index contributed by atoms with van der Waals surface area (Å²) in [5.41, 5.74) is 8.81. The summed E-state index contributed by atoms with van der Waals surface area (Å²) in [5, 5.41) is 9.16. The first-order valence-corrected chi connectivity index (χ1v) is 17.4. The van der Waals surface area contributed by atoms with Gasteiger partial charge in [0.2, 0.25) is 15.1 Å². The number of fused-ring (bicyclic) bond motifs is 3. The Morgan fingerprint density at radius 1 is 1.24 bits per heavy atom. The number of nitrogens with two attached hydrogens (primary N) is 1. The van der Waals surface area contributed by atoms with Gasteiger partial charge in [0.1, 0.15) is 23.2 Å². The van der Waals surface area contributed by atoms with Crippen LogP contribution in [0.3, 0.4) is 0 Å². The van der Waals surface area contributed by atoms with Crippen molar-refractivity contribution in [3.05, 3.63) is 51.6 Å². The van der Waals surface area contributed by atoms with Crippen LogP contribution in [0.25, 0.3) is 0 Å². The molecule has 4 aliphatic rings. The number of nitrogens with one attached hydrogen (secondary N) is 1. The monoisotopic (exact) mass is 694 g/mol. The molecule has 11 nitrogen and oxygen atoms in total. The second kappa shape index (κ2) is 14.0. The lowest BCUT2D eigenvalue weighted by Crippen LogP contribution is -2.70. The van der Waals surface area contributed by atoms with E-state index in [1.54, 1.807) is 39.1 Å². The number of primary amides is 1. The van der Waals surface area contributed by atoms with Gasteiger partial charge in [0.05, 0.1) is 31.0 Å². The van der Waals surface area contributed by atoms with Crippen molar-refractivity contribution >= 4 is 32.4 Å². The van der Waals surface area contributed by atoms with E-state index in [0.717, 1.165) is 6.42 Å². The topological polar surface area (TPSA) is 144 Å². The van der Waals surface area contributed by atoms with Crippen molar-refractivity contribution in [1.82, 2.24) is 9.80 Å². The predicted molar refractivity (Wildman–Crippen MR) is 182 cm³/mol. The van der Waals surface area contributed by atoms with Crippen molar-refractivity contribution in [3.63, 3.8) is 0 Å². The molecule has 264 valence electrons. The van der Waals surface area contributed by atoms with Crippen molar-refractivity contribution in [1.29, 1.82) is 5.41 Å². The number of ether oxygens (including phenoxy) is 3. The molecule has 0 heterocycles. The van der Waals surface area contributed by atoms with Gasteiger partial charge in [0.15, 0.2) is 17.2 Å². The predicted octanol–water partition coefficient (Wildman–Crippen LogP) is 2.90. The Bertz CT molecular complexity index is 1710. The molecule has 3 N–H and O–H groups in total. The van der Waals surface area contributed by atoms with Gasteiger partial charge in [-0.2, -0.15) is 0 Å². The molecule has 1 aromatic carbocycles. The first kappa shape index (κ1) is 36.8. The van der Waals surface area contributed by atoms with E-state index in [2.05, 4.69) is 30.3 Å². The van der Waals surface area contributed by atoms with Crippen LogP contribution < -0.4 is 10.2 Å². The first-order valence-electron chi connectivity index (χ1n) is 16.5. The quantitative estimate of drug-likeness (QED) is 0.181. The molecular formula is C36H47FN4O7Si. The second-order valence-electron chi connectivity index (χ2n) is 14.2. The molecule has 0 bridgehead atoms. The van der Waals surface area contributed by atoms with Gasteiger partial charge in [0.25, 0.3) is 0 Å². The summed E-state index contributed by atoms with van der Waals surface area (Å²) < 4.78 is 40.4. The normalized spacial score (nSPS) is 26.1. The minimum absolute atomic E-state index is 0.0383. The number of likely N-dealkylation sites (N-methyl/N-ethyl adjacent to an activating group) is 1. The number of halogens is 1. The highest BCUT2D eigenvalue weighted by Gasteiger charge is 2.66. The lowest BCUT2D eigenvalue weighted by atomic mass is 9.56. The number of amides is 1. The van der Waals surface area contributed by atoms with Gasteiger partial charge >= 0.3 is 0 Å². The molecule has 0 aromatic heterocycles. The van der Waals surface area contributed by atoms with E-state index in [4.69, 9.17) is 29.8 Å². The Morgan fingerprint density at radius 3 is 2.49 bits per heavy atom. The van der Waals surface area contributed by atoms with Crippen molar-refractivity contribution in [3.8, 4) is 11.2 Å². The van der Waals surface area contributed by atoms with Crippen molar-refractivity contribution in [2.24, 2.45) is 28.9 Å². The average Bonchev–Trinajstić information content (AvgIpc) is 3.90. The number of Topliss-reactive ketones (excluding diaryl/α,β-unsaturated/α-hetero) is 2. The Hall–Kier alpha value is -3.45. The Labute approximate surface area is 289 Å². The first-order chi connectivity index (χ1) is 23.2. The fourth-order valence-corrected chi connectivity index (χ4v) is 8.71. The molecule has 1 aromatic rings. The summed E-state index contributed by atoms with van der Waals surface area (Å²) in [6, 6.07) is 0.720. The van der Waals surface area contributed by atoms with Crippen molar-refractivity contribution < 1.29 is 37.4 Å². The summed E-state index contributed by atoms with van der Waals surface area (Å²) >= 11 is 0. The van der Waals surface area contributed by atoms with Gasteiger partial charge < -0.3 is 29.8 Å². The minimum Gasteiger partial charge on any atom is -0.497 e. The van der Waals surface area contributed by atoms with Crippen LogP contribution in [0.5, 0.6) is 5.75 Å². The molecule has 0 radical (unpaired) electrons. The van der Waals surface area contributed by atoms with Crippen LogP contribution in [0, 0.1) is 39.9 Å². The number of carbonyl (C=O) groups excluding carboxylic acids is 3. The van der Waals surface area contributed by atoms with Crippen LogP contribution in [-0.2, 0) is 36.8 Å². The number of benzene rings is 1. The number of nitrogens with zero attached hydrogens (tertiary/aromatic N) is 2. The van der Waals surface area contributed by atoms with Gasteiger partial charge in [-0.05, 0) is 57.7 Å². The molecule has 1 fully saturated rings. The lowest BCUT2D eigenvalue weighted by Gasteiger charge is -2.54. The summed E-state index contributed by atoms with van der Waals surface area (Å²) in [7, 11) is 7.58. The molecule has 4 aliphatic carbocycles. The average molecular weight is 695 g/mol. The number of rotatable bonds is 13. The van der Waals surface area contributed by atoms with E-state index >= 15 is 4.39 Å². The van der Waals surface area contributed by atoms with E-state index in [1.165, 1.54) is 19.8 Å². The fourth-order valence-electron chi connectivity index (χ4n) is 8.34. The van der Waals surface area contributed by atoms with E-state index in [9.17, 15) is 14.4 Å². The van der Waals surface area contributed by atoms with Gasteiger partial charge in [-0.3, -0.25) is 24.2 Å². The molecule has 0 spiro atoms. The van der Waals surface area contributed by atoms with Crippen LogP contribution in [-0.4, -0.2) is 109 Å². The van der Waals surface area contributed by atoms with E-state index < -0.39 is 52.7 Å². The van der Waals surface area contributed by atoms with Gasteiger partial charge in [-0.1, -0.05) is 25.5 Å². The Balaban J connectivity index is 1.67. The van der Waals surface area contributed by atoms with Crippen LogP contribution in [0.2, 0.25) is 0 Å². The highest BCUT2D eigenvalue weighted by Crippen LogP contribution is 2.54. The maximum Gasteiger partial charge on any atom is 0.249 e. The van der Waals surface area contributed by atoms with Crippen LogP contribution in [0.1, 0.15) is 55.1 Å². The van der Waals surface area contributed by atoms with Crippen molar-refractivity contribution in [2.75, 3.05) is 55.1 Å². The number of methoxy groups -OCH3 is 3. The zero-order valence-corrected chi connectivity index (χ0v) is 30.6. The molecule has 5 unspecified atom stereocenters. The molecule has 0 aliphatic heterocycles. The SMILES string of the molecule is CC#[Si]Oc1cc(CN(CCOC)CC(C)(C)C2=CC2)c(F)c2c1C(=O)C1=C(OC)C3(OC)C(=N)C(C(N)=O)C(=O)C(N(C)C)C3CC1C2. The fraction of sp³-hybridized carbons (Fsp3) is 0.583. The number of ketones is 2. The van der Waals surface area contributed by atoms with Crippen LogP contribution in [0.4, 0.5) is 4.39 Å². The summed E-state index contributed by atoms with van der Waals surface area (Å²) in [6.45, 7) is 8.12. The zero-order valence-electron chi connectivity index (χ0n) is 29.6. The highest BCUT2D eigenvalue weighted by atomic mass is 28.2. The lowest BCUT2D eigenvalue weighted by molar-refractivity contribution is -0.143. The summed E-state index contributed by atoms with van der Waals surface area (Å²) in [6.07, 6.45) is 3.53. The molecule has 1 saturated carbocycles. The number of carbonyl (C=O) groups is 3. The number of hydrogen-bond acceptors (Lipinski definition) is 10. The van der Waals surface area contributed by atoms with Crippen molar-refractivity contribution in [2.45, 2.75) is 58.2 Å². The van der Waals surface area contributed by atoms with Crippen LogP contribution >= 0.6 is 0 Å². The third kappa shape index (κ3) is 6.25. The van der Waals surface area contributed by atoms with E-state index in [0.29, 0.717) is 25.3 Å². The highest BCUT2D eigenvalue weighted by molar-refractivity contribution is 6.26. The molecular weight excluding hydrogens is 648 g/mol. The second-order valence-corrected chi connectivity index (χ2v) is 15.1. The summed E-state index contributed by atoms with van der Waals surface area (Å²) in [5.74, 6) is -5.05. The van der Waals surface area contributed by atoms with Gasteiger partial charge in [-0.15, -0.1) is 5.50 Å². The molecule has 0 saturated heterocycles. The molecule has 49 heavy (non-hydrogen) atoms. The Kier molecular flexibility index (Phi) is 10.6. The third-order valence-electron chi connectivity index (χ3n) is 10.6. The third-order valence-corrected chi connectivity index (χ3v) is 11.1. The van der Waals surface area contributed by atoms with Gasteiger partial charge in [0, 0.05) is 56.5 Å². The molecule has 5 atom stereocenters. The maximum atomic E-state index is 16.9. The largest absolute Gasteiger partial charge is 0.497 e. The number of hydrogen-bond donors (Lipinski definition) is 2. The van der Waals surface area contributed by atoms with Gasteiger partial charge in [-0.25, -0.2) is 4.39 Å². The zero-order chi connectivity index (χ0) is 36.0. The molecule has 13 heteroatoms. The van der Waals surface area contributed by atoms with E-state index in [1.807, 2.05) is 0 Å². The Morgan fingerprint density at radius 2 is 1.94 bits per heavy atom.